The van der Waals surface area contributed by atoms with Gasteiger partial charge in [-0.3, -0.25) is 0 Å². The first-order valence-corrected chi connectivity index (χ1v) is 6.40. The summed E-state index contributed by atoms with van der Waals surface area (Å²) in [6.07, 6.45) is 0. The average Bonchev–Trinajstić information content (AvgIpc) is 2.34. The minimum atomic E-state index is -1.12. The van der Waals surface area contributed by atoms with Crippen LogP contribution in [0, 0.1) is 6.92 Å². The molecule has 0 fully saturated rings. The van der Waals surface area contributed by atoms with Crippen molar-refractivity contribution in [1.82, 2.24) is 4.98 Å². The number of rotatable bonds is 3. The van der Waals surface area contributed by atoms with Gasteiger partial charge in [-0.15, -0.1) is 0 Å². The van der Waals surface area contributed by atoms with E-state index in [-0.39, 0.29) is 10.7 Å². The number of aromatic carboxylic acids is 1. The van der Waals surface area contributed by atoms with Crippen molar-refractivity contribution in [2.24, 2.45) is 0 Å². The fourth-order valence-electron chi connectivity index (χ4n) is 1.36. The molecule has 0 saturated heterocycles. The Balaban J connectivity index is 2.27. The van der Waals surface area contributed by atoms with E-state index >= 15 is 0 Å². The number of carboxylic acids is 1. The van der Waals surface area contributed by atoms with Crippen LogP contribution in [0.25, 0.3) is 0 Å². The van der Waals surface area contributed by atoms with E-state index in [9.17, 15) is 4.79 Å². The molecule has 2 aromatic rings. The number of hydrogen-bond donors (Lipinski definition) is 1. The topological polar surface area (TPSA) is 50.2 Å². The second-order valence-corrected chi connectivity index (χ2v) is 5.20. The van der Waals surface area contributed by atoms with E-state index in [0.717, 1.165) is 4.90 Å². The van der Waals surface area contributed by atoms with Gasteiger partial charge >= 0.3 is 5.97 Å². The van der Waals surface area contributed by atoms with E-state index in [2.05, 4.69) is 4.98 Å². The Hall–Kier alpha value is -1.52. The molecule has 0 spiro atoms. The van der Waals surface area contributed by atoms with Gasteiger partial charge in [0.15, 0.2) is 5.69 Å². The molecular weight excluding hydrogens is 270 g/mol. The molecule has 0 amide bonds. The van der Waals surface area contributed by atoms with Gasteiger partial charge in [-0.05, 0) is 31.2 Å². The lowest BCUT2D eigenvalue weighted by Crippen LogP contribution is -2.01. The molecule has 0 bridgehead atoms. The Morgan fingerprint density at radius 1 is 1.22 bits per heavy atom. The van der Waals surface area contributed by atoms with Crippen molar-refractivity contribution in [1.29, 1.82) is 0 Å². The predicted molar refractivity (Wildman–Crippen MR) is 71.5 cm³/mol. The van der Waals surface area contributed by atoms with Gasteiger partial charge in [-0.25, -0.2) is 9.78 Å². The summed E-state index contributed by atoms with van der Waals surface area (Å²) >= 11 is 7.17. The number of carboxylic acid groups (broad SMARTS) is 1. The number of halogens is 1. The van der Waals surface area contributed by atoms with Crippen LogP contribution >= 0.6 is 23.4 Å². The monoisotopic (exact) mass is 279 g/mol. The molecular formula is C13H10ClNO2S. The first-order chi connectivity index (χ1) is 8.56. The zero-order valence-electron chi connectivity index (χ0n) is 9.55. The molecule has 5 heteroatoms. The summed E-state index contributed by atoms with van der Waals surface area (Å²) in [4.78, 5) is 15.9. The summed E-state index contributed by atoms with van der Waals surface area (Å²) in [7, 11) is 0. The number of aryl methyl sites for hydroxylation is 1. The summed E-state index contributed by atoms with van der Waals surface area (Å²) in [6, 6.07) is 11.2. The SMILES string of the molecule is Cc1ccc(Sc2ccc(Cl)c(C(=O)O)n2)cc1. The predicted octanol–water partition coefficient (Wildman–Crippen LogP) is 3.89. The third-order valence-corrected chi connectivity index (χ3v) is 3.52. The van der Waals surface area contributed by atoms with Gasteiger partial charge < -0.3 is 5.11 Å². The van der Waals surface area contributed by atoms with Crippen LogP contribution in [0.15, 0.2) is 46.3 Å². The molecule has 1 aromatic carbocycles. The number of benzene rings is 1. The van der Waals surface area contributed by atoms with E-state index in [1.54, 1.807) is 12.1 Å². The van der Waals surface area contributed by atoms with Crippen molar-refractivity contribution >= 4 is 29.3 Å². The molecule has 1 heterocycles. The lowest BCUT2D eigenvalue weighted by molar-refractivity contribution is 0.0690. The molecule has 3 nitrogen and oxygen atoms in total. The van der Waals surface area contributed by atoms with Crippen molar-refractivity contribution in [2.45, 2.75) is 16.8 Å². The Labute approximate surface area is 114 Å². The van der Waals surface area contributed by atoms with Crippen molar-refractivity contribution in [3.8, 4) is 0 Å². The highest BCUT2D eigenvalue weighted by molar-refractivity contribution is 7.99. The van der Waals surface area contributed by atoms with Gasteiger partial charge in [0.1, 0.15) is 5.03 Å². The fraction of sp³-hybridized carbons (Fsp3) is 0.0769. The van der Waals surface area contributed by atoms with Crippen LogP contribution in [0.2, 0.25) is 5.02 Å². The largest absolute Gasteiger partial charge is 0.476 e. The van der Waals surface area contributed by atoms with Gasteiger partial charge in [0.05, 0.1) is 5.02 Å². The van der Waals surface area contributed by atoms with Crippen molar-refractivity contribution < 1.29 is 9.90 Å². The highest BCUT2D eigenvalue weighted by atomic mass is 35.5. The number of pyridine rings is 1. The molecule has 18 heavy (non-hydrogen) atoms. The van der Waals surface area contributed by atoms with Crippen molar-refractivity contribution in [3.05, 3.63) is 52.7 Å². The third kappa shape index (κ3) is 3.03. The molecule has 0 aliphatic rings. The molecule has 0 aliphatic heterocycles. The number of nitrogens with zero attached hydrogens (tertiary/aromatic N) is 1. The molecule has 0 aliphatic carbocycles. The van der Waals surface area contributed by atoms with E-state index < -0.39 is 5.97 Å². The Morgan fingerprint density at radius 2 is 1.89 bits per heavy atom. The molecule has 0 atom stereocenters. The maximum Gasteiger partial charge on any atom is 0.356 e. The molecule has 1 N–H and O–H groups in total. The van der Waals surface area contributed by atoms with E-state index in [0.29, 0.717) is 5.03 Å². The molecule has 0 radical (unpaired) electrons. The summed E-state index contributed by atoms with van der Waals surface area (Å²) in [5, 5.41) is 9.70. The molecule has 2 rings (SSSR count). The van der Waals surface area contributed by atoms with Crippen LogP contribution in [0.5, 0.6) is 0 Å². The summed E-state index contributed by atoms with van der Waals surface area (Å²) < 4.78 is 0. The smallest absolute Gasteiger partial charge is 0.356 e. The van der Waals surface area contributed by atoms with E-state index in [1.165, 1.54) is 17.3 Å². The van der Waals surface area contributed by atoms with Crippen LogP contribution in [0.3, 0.4) is 0 Å². The summed E-state index contributed by atoms with van der Waals surface area (Å²) in [5.74, 6) is -1.12. The minimum Gasteiger partial charge on any atom is -0.476 e. The van der Waals surface area contributed by atoms with Crippen LogP contribution in [-0.4, -0.2) is 16.1 Å². The van der Waals surface area contributed by atoms with Crippen LogP contribution < -0.4 is 0 Å². The first kappa shape index (κ1) is 12.9. The second kappa shape index (κ2) is 5.42. The highest BCUT2D eigenvalue weighted by Crippen LogP contribution is 2.28. The Morgan fingerprint density at radius 3 is 2.50 bits per heavy atom. The number of carbonyl (C=O) groups is 1. The van der Waals surface area contributed by atoms with Gasteiger partial charge in [0.2, 0.25) is 0 Å². The lowest BCUT2D eigenvalue weighted by atomic mass is 10.2. The van der Waals surface area contributed by atoms with Gasteiger partial charge in [0, 0.05) is 4.90 Å². The standard InChI is InChI=1S/C13H10ClNO2S/c1-8-2-4-9(5-3-8)18-11-7-6-10(14)12(15-11)13(16)17/h2-7H,1H3,(H,16,17). The zero-order chi connectivity index (χ0) is 13.1. The quantitative estimate of drug-likeness (QED) is 0.926. The zero-order valence-corrected chi connectivity index (χ0v) is 11.1. The Bertz CT molecular complexity index is 584. The van der Waals surface area contributed by atoms with Crippen LogP contribution in [-0.2, 0) is 0 Å². The maximum absolute atomic E-state index is 10.9. The molecule has 0 unspecified atom stereocenters. The molecule has 0 saturated carbocycles. The lowest BCUT2D eigenvalue weighted by Gasteiger charge is -2.04. The average molecular weight is 280 g/mol. The van der Waals surface area contributed by atoms with E-state index in [4.69, 9.17) is 16.7 Å². The number of hydrogen-bond acceptors (Lipinski definition) is 3. The van der Waals surface area contributed by atoms with Gasteiger partial charge in [0.25, 0.3) is 0 Å². The molecule has 1 aromatic heterocycles. The van der Waals surface area contributed by atoms with Crippen molar-refractivity contribution in [3.63, 3.8) is 0 Å². The minimum absolute atomic E-state index is 0.117. The normalized spacial score (nSPS) is 10.3. The summed E-state index contributed by atoms with van der Waals surface area (Å²) in [6.45, 7) is 2.01. The summed E-state index contributed by atoms with van der Waals surface area (Å²) in [5.41, 5.74) is 1.06. The Kier molecular flexibility index (Phi) is 3.89. The second-order valence-electron chi connectivity index (χ2n) is 3.70. The first-order valence-electron chi connectivity index (χ1n) is 5.20. The van der Waals surface area contributed by atoms with Gasteiger partial charge in [-0.1, -0.05) is 41.1 Å². The van der Waals surface area contributed by atoms with E-state index in [1.807, 2.05) is 31.2 Å². The highest BCUT2D eigenvalue weighted by Gasteiger charge is 2.11. The number of aromatic nitrogens is 1. The molecule has 92 valence electrons. The van der Waals surface area contributed by atoms with Crippen LogP contribution in [0.1, 0.15) is 16.1 Å². The van der Waals surface area contributed by atoms with Crippen molar-refractivity contribution in [2.75, 3.05) is 0 Å². The van der Waals surface area contributed by atoms with Gasteiger partial charge in [-0.2, -0.15) is 0 Å². The van der Waals surface area contributed by atoms with Crippen LogP contribution in [0.4, 0.5) is 0 Å². The fourth-order valence-corrected chi connectivity index (χ4v) is 2.33. The maximum atomic E-state index is 10.9. The third-order valence-electron chi connectivity index (χ3n) is 2.27.